The average molecular weight is 306 g/mol. The molecule has 0 nitrogen and oxygen atoms in total. The first kappa shape index (κ1) is 12.1. The third kappa shape index (κ3) is 1.20. The molecule has 2 unspecified atom stereocenters. The summed E-state index contributed by atoms with van der Waals surface area (Å²) in [6, 6.07) is 14.1. The highest BCUT2D eigenvalue weighted by Crippen LogP contribution is 2.55. The Bertz CT molecular complexity index is 1210. The van der Waals surface area contributed by atoms with Crippen molar-refractivity contribution < 1.29 is 0 Å². The maximum absolute atomic E-state index is 2.48. The van der Waals surface area contributed by atoms with E-state index >= 15 is 0 Å². The SMILES string of the molecule is C1=CC2CCC3CCc4ccc5ccc6ccc1c1c2c3c4c5c61. The molecule has 24 heavy (non-hydrogen) atoms. The lowest BCUT2D eigenvalue weighted by atomic mass is 9.65. The summed E-state index contributed by atoms with van der Waals surface area (Å²) in [5.74, 6) is 1.43. The topological polar surface area (TPSA) is 0 Å². The van der Waals surface area contributed by atoms with E-state index in [9.17, 15) is 0 Å². The fraction of sp³-hybridized carbons (Fsp3) is 0.250. The average Bonchev–Trinajstić information content (AvgIpc) is 2.65. The molecule has 114 valence electrons. The first-order valence-electron chi connectivity index (χ1n) is 9.34. The molecule has 0 aromatic heterocycles. The van der Waals surface area contributed by atoms with Gasteiger partial charge in [0.05, 0.1) is 0 Å². The molecule has 3 aliphatic rings. The highest BCUT2D eigenvalue weighted by molar-refractivity contribution is 6.27. The number of benzene rings is 4. The minimum absolute atomic E-state index is 0.643. The van der Waals surface area contributed by atoms with Crippen LogP contribution in [0, 0.1) is 0 Å². The Morgan fingerprint density at radius 3 is 2.38 bits per heavy atom. The van der Waals surface area contributed by atoms with Crippen LogP contribution in [0.4, 0.5) is 0 Å². The summed E-state index contributed by atoms with van der Waals surface area (Å²) in [6.07, 6.45) is 10.2. The van der Waals surface area contributed by atoms with Crippen LogP contribution in [0.5, 0.6) is 0 Å². The lowest BCUT2D eigenvalue weighted by Crippen LogP contribution is -2.20. The third-order valence-electron chi connectivity index (χ3n) is 6.99. The molecule has 0 heteroatoms. The van der Waals surface area contributed by atoms with Crippen molar-refractivity contribution in [2.24, 2.45) is 0 Å². The zero-order chi connectivity index (χ0) is 15.4. The standard InChI is InChI=1S/C24H18/c1-2-14-5-6-16-9-11-18-12-10-17-8-7-15-4-3-13(1)19-20(14)22(16)24(18)23(17)21(15)19/h1-8,16,18H,9-12H2. The molecular formula is C24H18. The van der Waals surface area contributed by atoms with E-state index in [1.807, 2.05) is 0 Å². The van der Waals surface area contributed by atoms with Gasteiger partial charge >= 0.3 is 0 Å². The Balaban J connectivity index is 1.91. The second kappa shape index (κ2) is 3.83. The summed E-state index contributed by atoms with van der Waals surface area (Å²) in [5.41, 5.74) is 6.47. The van der Waals surface area contributed by atoms with Crippen molar-refractivity contribution in [3.05, 3.63) is 64.7 Å². The summed E-state index contributed by atoms with van der Waals surface area (Å²) in [7, 11) is 0. The molecule has 3 aliphatic carbocycles. The summed E-state index contributed by atoms with van der Waals surface area (Å²) in [6.45, 7) is 0. The van der Waals surface area contributed by atoms with Gasteiger partial charge in [-0.2, -0.15) is 0 Å². The molecule has 0 amide bonds. The van der Waals surface area contributed by atoms with E-state index in [0.29, 0.717) is 5.92 Å². The van der Waals surface area contributed by atoms with Gasteiger partial charge in [-0.1, -0.05) is 48.6 Å². The first-order valence-corrected chi connectivity index (χ1v) is 9.34. The molecule has 0 saturated carbocycles. The number of hydrogen-bond donors (Lipinski definition) is 0. The highest BCUT2D eigenvalue weighted by atomic mass is 14.4. The molecule has 0 spiro atoms. The third-order valence-corrected chi connectivity index (χ3v) is 6.99. The monoisotopic (exact) mass is 306 g/mol. The maximum Gasteiger partial charge on any atom is 0.00309 e. The molecule has 0 bridgehead atoms. The van der Waals surface area contributed by atoms with Crippen LogP contribution in [0.15, 0.2) is 42.5 Å². The lowest BCUT2D eigenvalue weighted by molar-refractivity contribution is 0.495. The van der Waals surface area contributed by atoms with Crippen molar-refractivity contribution in [2.75, 3.05) is 0 Å². The van der Waals surface area contributed by atoms with Crippen molar-refractivity contribution in [1.82, 2.24) is 0 Å². The maximum atomic E-state index is 2.48. The van der Waals surface area contributed by atoms with Gasteiger partial charge in [-0.3, -0.25) is 0 Å². The van der Waals surface area contributed by atoms with E-state index in [4.69, 9.17) is 0 Å². The van der Waals surface area contributed by atoms with Crippen LogP contribution in [-0.2, 0) is 6.42 Å². The second-order valence-electron chi connectivity index (χ2n) is 8.00. The largest absolute Gasteiger partial charge is 0.0764 e. The van der Waals surface area contributed by atoms with E-state index in [1.165, 1.54) is 47.4 Å². The van der Waals surface area contributed by atoms with Gasteiger partial charge in [0.1, 0.15) is 0 Å². The molecule has 2 atom stereocenters. The van der Waals surface area contributed by atoms with Gasteiger partial charge < -0.3 is 0 Å². The quantitative estimate of drug-likeness (QED) is 0.324. The molecule has 0 N–H and O–H groups in total. The molecule has 4 aromatic carbocycles. The summed E-state index contributed by atoms with van der Waals surface area (Å²) in [5, 5.41) is 9.16. The minimum Gasteiger partial charge on any atom is -0.0764 e. The molecule has 0 aliphatic heterocycles. The molecule has 0 radical (unpaired) electrons. The van der Waals surface area contributed by atoms with Gasteiger partial charge in [0, 0.05) is 5.92 Å². The molecule has 0 heterocycles. The number of rotatable bonds is 0. The number of aryl methyl sites for hydroxylation is 1. The van der Waals surface area contributed by atoms with Crippen molar-refractivity contribution in [3.63, 3.8) is 0 Å². The van der Waals surface area contributed by atoms with Gasteiger partial charge in [0.15, 0.2) is 0 Å². The second-order valence-corrected chi connectivity index (χ2v) is 8.00. The van der Waals surface area contributed by atoms with Crippen molar-refractivity contribution in [3.8, 4) is 0 Å². The van der Waals surface area contributed by atoms with Crippen LogP contribution in [-0.4, -0.2) is 0 Å². The lowest BCUT2D eigenvalue weighted by Gasteiger charge is -2.38. The Hall–Kier alpha value is -2.34. The summed E-state index contributed by atoms with van der Waals surface area (Å²) >= 11 is 0. The Kier molecular flexibility index (Phi) is 1.93. The smallest absolute Gasteiger partial charge is 0.00309 e. The van der Waals surface area contributed by atoms with E-state index in [-0.39, 0.29) is 0 Å². The Morgan fingerprint density at radius 1 is 0.667 bits per heavy atom. The molecule has 0 saturated heterocycles. The van der Waals surface area contributed by atoms with E-state index in [1.54, 1.807) is 32.8 Å². The summed E-state index contributed by atoms with van der Waals surface area (Å²) < 4.78 is 0. The van der Waals surface area contributed by atoms with E-state index < -0.39 is 0 Å². The van der Waals surface area contributed by atoms with Crippen LogP contribution < -0.4 is 0 Å². The van der Waals surface area contributed by atoms with E-state index in [2.05, 4.69) is 48.6 Å². The van der Waals surface area contributed by atoms with Crippen molar-refractivity contribution in [1.29, 1.82) is 0 Å². The molecule has 4 aromatic rings. The Labute approximate surface area is 141 Å². The fourth-order valence-corrected chi connectivity index (χ4v) is 6.02. The van der Waals surface area contributed by atoms with Crippen LogP contribution in [0.1, 0.15) is 53.4 Å². The van der Waals surface area contributed by atoms with Crippen molar-refractivity contribution >= 4 is 38.4 Å². The highest BCUT2D eigenvalue weighted by Gasteiger charge is 2.35. The number of hydrogen-bond acceptors (Lipinski definition) is 0. The van der Waals surface area contributed by atoms with Crippen LogP contribution in [0.2, 0.25) is 0 Å². The zero-order valence-corrected chi connectivity index (χ0v) is 13.6. The summed E-state index contributed by atoms with van der Waals surface area (Å²) in [4.78, 5) is 0. The van der Waals surface area contributed by atoms with E-state index in [0.717, 1.165) is 5.92 Å². The number of allylic oxidation sites excluding steroid dienone is 1. The van der Waals surface area contributed by atoms with Gasteiger partial charge in [-0.05, 0) is 86.2 Å². The fourth-order valence-electron chi connectivity index (χ4n) is 6.02. The van der Waals surface area contributed by atoms with Gasteiger partial charge in [-0.25, -0.2) is 0 Å². The van der Waals surface area contributed by atoms with Gasteiger partial charge in [0.2, 0.25) is 0 Å². The molecular weight excluding hydrogens is 288 g/mol. The first-order chi connectivity index (χ1) is 11.9. The minimum atomic E-state index is 0.643. The van der Waals surface area contributed by atoms with Crippen molar-refractivity contribution in [2.45, 2.75) is 37.5 Å². The van der Waals surface area contributed by atoms with Crippen LogP contribution >= 0.6 is 0 Å². The molecule has 0 fully saturated rings. The van der Waals surface area contributed by atoms with Crippen LogP contribution in [0.3, 0.4) is 0 Å². The Morgan fingerprint density at radius 2 is 1.46 bits per heavy atom. The van der Waals surface area contributed by atoms with Crippen LogP contribution in [0.25, 0.3) is 38.4 Å². The zero-order valence-electron chi connectivity index (χ0n) is 13.6. The predicted octanol–water partition coefficient (Wildman–Crippen LogP) is 6.52. The van der Waals surface area contributed by atoms with Gasteiger partial charge in [-0.15, -0.1) is 0 Å². The van der Waals surface area contributed by atoms with Gasteiger partial charge in [0.25, 0.3) is 0 Å². The normalized spacial score (nSPS) is 23.8. The predicted molar refractivity (Wildman–Crippen MR) is 102 cm³/mol. The molecule has 7 rings (SSSR count).